The fourth-order valence-electron chi connectivity index (χ4n) is 2.38. The van der Waals surface area contributed by atoms with Gasteiger partial charge < -0.3 is 10.6 Å². The number of piperidine rings is 1. The standard InChI is InChI=1S/C15H22N4OS/c1-4-17-10(2)13-11(3)21-15(19-13)14(20)18-9-12-5-7-16-8-6-12/h4,12,16H,3,5-9H2,1-2H3,(H,18,20)/b13-10+,17-4?. The predicted molar refractivity (Wildman–Crippen MR) is 88.1 cm³/mol. The van der Waals surface area contributed by atoms with Gasteiger partial charge in [0.15, 0.2) is 5.01 Å². The van der Waals surface area contributed by atoms with E-state index in [0.717, 1.165) is 42.7 Å². The van der Waals surface area contributed by atoms with Crippen molar-refractivity contribution in [3.05, 3.63) is 14.9 Å². The van der Waals surface area contributed by atoms with E-state index in [4.69, 9.17) is 0 Å². The molecule has 1 aromatic rings. The smallest absolute Gasteiger partial charge is 0.280 e. The molecular weight excluding hydrogens is 284 g/mol. The van der Waals surface area contributed by atoms with Gasteiger partial charge in [-0.1, -0.05) is 6.58 Å². The van der Waals surface area contributed by atoms with Crippen molar-refractivity contribution >= 4 is 35.7 Å². The molecule has 1 aromatic heterocycles. The van der Waals surface area contributed by atoms with Crippen molar-refractivity contribution in [2.45, 2.75) is 26.7 Å². The second-order valence-electron chi connectivity index (χ2n) is 5.17. The quantitative estimate of drug-likeness (QED) is 0.796. The van der Waals surface area contributed by atoms with E-state index in [0.29, 0.717) is 16.3 Å². The van der Waals surface area contributed by atoms with Crippen LogP contribution in [0.5, 0.6) is 0 Å². The molecule has 21 heavy (non-hydrogen) atoms. The minimum absolute atomic E-state index is 0.108. The van der Waals surface area contributed by atoms with Crippen LogP contribution in [0.2, 0.25) is 0 Å². The first-order valence-electron chi connectivity index (χ1n) is 7.26. The first kappa shape index (κ1) is 15.9. The monoisotopic (exact) mass is 306 g/mol. The second kappa shape index (κ2) is 7.47. The van der Waals surface area contributed by atoms with E-state index in [1.165, 1.54) is 11.3 Å². The summed E-state index contributed by atoms with van der Waals surface area (Å²) in [5.41, 5.74) is 0.788. The first-order chi connectivity index (χ1) is 10.1. The maximum absolute atomic E-state index is 12.2. The van der Waals surface area contributed by atoms with E-state index in [9.17, 15) is 4.79 Å². The van der Waals surface area contributed by atoms with E-state index in [1.54, 1.807) is 6.21 Å². The molecule has 0 radical (unpaired) electrons. The first-order valence-corrected chi connectivity index (χ1v) is 8.07. The number of aromatic nitrogens is 1. The molecule has 5 nitrogen and oxygen atoms in total. The molecule has 0 aliphatic carbocycles. The molecule has 0 bridgehead atoms. The number of amides is 1. The van der Waals surface area contributed by atoms with Crippen molar-refractivity contribution in [2.75, 3.05) is 19.6 Å². The number of rotatable bonds is 4. The summed E-state index contributed by atoms with van der Waals surface area (Å²) in [6, 6.07) is 0. The SMILES string of the molecule is C=c1sc(C(=O)NCC2CCNCC2)n/c1=C(\C)N=CC. The van der Waals surface area contributed by atoms with Gasteiger partial charge in [-0.05, 0) is 45.7 Å². The topological polar surface area (TPSA) is 66.4 Å². The predicted octanol–water partition coefficient (Wildman–Crippen LogP) is 0.502. The van der Waals surface area contributed by atoms with Crippen molar-refractivity contribution < 1.29 is 4.79 Å². The van der Waals surface area contributed by atoms with Crippen molar-refractivity contribution in [2.24, 2.45) is 10.9 Å². The summed E-state index contributed by atoms with van der Waals surface area (Å²) in [5, 5.41) is 7.49. The summed E-state index contributed by atoms with van der Waals surface area (Å²) in [5.74, 6) is 0.454. The van der Waals surface area contributed by atoms with Crippen LogP contribution >= 0.6 is 11.3 Å². The van der Waals surface area contributed by atoms with E-state index in [1.807, 2.05) is 13.8 Å². The lowest BCUT2D eigenvalue weighted by Gasteiger charge is -2.22. The molecule has 0 aromatic carbocycles. The molecule has 1 fully saturated rings. The molecular formula is C15H22N4OS. The van der Waals surface area contributed by atoms with E-state index < -0.39 is 0 Å². The molecule has 1 aliphatic rings. The molecule has 6 heteroatoms. The molecule has 2 rings (SSSR count). The van der Waals surface area contributed by atoms with Crippen molar-refractivity contribution in [1.29, 1.82) is 0 Å². The van der Waals surface area contributed by atoms with Crippen molar-refractivity contribution in [3.63, 3.8) is 0 Å². The number of hydrogen-bond donors (Lipinski definition) is 2. The molecule has 2 N–H and O–H groups in total. The highest BCUT2D eigenvalue weighted by atomic mass is 32.1. The Kier molecular flexibility index (Phi) is 5.64. The minimum Gasteiger partial charge on any atom is -0.350 e. The lowest BCUT2D eigenvalue weighted by atomic mass is 9.98. The Labute approximate surface area is 128 Å². The molecule has 0 atom stereocenters. The molecule has 0 unspecified atom stereocenters. The van der Waals surface area contributed by atoms with Crippen LogP contribution in [0, 0.1) is 5.92 Å². The number of thiazole rings is 1. The van der Waals surface area contributed by atoms with Gasteiger partial charge in [-0.15, -0.1) is 11.3 Å². The third-order valence-electron chi connectivity index (χ3n) is 3.57. The number of aliphatic imine (C=N–C) groups is 1. The number of hydrogen-bond acceptors (Lipinski definition) is 5. The lowest BCUT2D eigenvalue weighted by molar-refractivity contribution is 0.0943. The van der Waals surface area contributed by atoms with Crippen LogP contribution in [-0.2, 0) is 0 Å². The zero-order valence-corrected chi connectivity index (χ0v) is 13.4. The fourth-order valence-corrected chi connectivity index (χ4v) is 3.21. The van der Waals surface area contributed by atoms with Gasteiger partial charge in [0.1, 0.15) is 5.35 Å². The number of nitrogens with zero attached hydrogens (tertiary/aromatic N) is 2. The van der Waals surface area contributed by atoms with Crippen LogP contribution in [0.25, 0.3) is 12.3 Å². The van der Waals surface area contributed by atoms with Crippen molar-refractivity contribution in [3.8, 4) is 0 Å². The Morgan fingerprint density at radius 1 is 1.57 bits per heavy atom. The summed E-state index contributed by atoms with van der Waals surface area (Å²) in [4.78, 5) is 20.8. The Morgan fingerprint density at radius 2 is 2.29 bits per heavy atom. The van der Waals surface area contributed by atoms with Crippen LogP contribution in [0.3, 0.4) is 0 Å². The Morgan fingerprint density at radius 3 is 2.95 bits per heavy atom. The van der Waals surface area contributed by atoms with Crippen LogP contribution in [0.15, 0.2) is 4.99 Å². The number of carbonyl (C=O) groups is 1. The van der Waals surface area contributed by atoms with Crippen LogP contribution < -0.4 is 20.5 Å². The normalized spacial score (nSPS) is 18.0. The molecule has 114 valence electrons. The maximum atomic E-state index is 12.2. The van der Waals surface area contributed by atoms with E-state index in [2.05, 4.69) is 27.2 Å². The number of carbonyl (C=O) groups excluding carboxylic acids is 1. The van der Waals surface area contributed by atoms with Gasteiger partial charge in [-0.2, -0.15) is 0 Å². The zero-order valence-electron chi connectivity index (χ0n) is 12.6. The van der Waals surface area contributed by atoms with Crippen LogP contribution in [0.1, 0.15) is 36.5 Å². The van der Waals surface area contributed by atoms with Gasteiger partial charge in [0.25, 0.3) is 5.91 Å². The Bertz CT molecular complexity index is 629. The van der Waals surface area contributed by atoms with Crippen molar-refractivity contribution in [1.82, 2.24) is 15.6 Å². The molecule has 2 heterocycles. The van der Waals surface area contributed by atoms with Gasteiger partial charge in [0.05, 0.1) is 5.70 Å². The molecule has 1 amide bonds. The van der Waals surface area contributed by atoms with E-state index in [-0.39, 0.29) is 5.91 Å². The van der Waals surface area contributed by atoms with Gasteiger partial charge in [0.2, 0.25) is 0 Å². The van der Waals surface area contributed by atoms with Crippen LogP contribution in [0.4, 0.5) is 0 Å². The summed E-state index contributed by atoms with van der Waals surface area (Å²) >= 11 is 1.32. The van der Waals surface area contributed by atoms with Gasteiger partial charge in [-0.3, -0.25) is 9.79 Å². The average molecular weight is 306 g/mol. The zero-order chi connectivity index (χ0) is 15.2. The van der Waals surface area contributed by atoms with Gasteiger partial charge in [0, 0.05) is 17.3 Å². The van der Waals surface area contributed by atoms with E-state index >= 15 is 0 Å². The lowest BCUT2D eigenvalue weighted by Crippen LogP contribution is -2.36. The maximum Gasteiger partial charge on any atom is 0.280 e. The van der Waals surface area contributed by atoms with Crippen LogP contribution in [-0.4, -0.2) is 36.7 Å². The minimum atomic E-state index is -0.108. The molecule has 0 spiro atoms. The molecule has 1 aliphatic heterocycles. The molecule has 0 saturated carbocycles. The highest BCUT2D eigenvalue weighted by Gasteiger charge is 2.16. The highest BCUT2D eigenvalue weighted by Crippen LogP contribution is 2.10. The average Bonchev–Trinajstić information content (AvgIpc) is 2.88. The second-order valence-corrected chi connectivity index (χ2v) is 6.25. The summed E-state index contributed by atoms with van der Waals surface area (Å²) in [7, 11) is 0. The third kappa shape index (κ3) is 4.22. The van der Waals surface area contributed by atoms with Gasteiger partial charge in [-0.25, -0.2) is 4.98 Å². The number of nitrogens with one attached hydrogen (secondary N) is 2. The largest absolute Gasteiger partial charge is 0.350 e. The summed E-state index contributed by atoms with van der Waals surface area (Å²) < 4.78 is 0.783. The Hall–Kier alpha value is -1.53. The highest BCUT2D eigenvalue weighted by molar-refractivity contribution is 7.11. The summed E-state index contributed by atoms with van der Waals surface area (Å²) in [6.07, 6.45) is 3.94. The third-order valence-corrected chi connectivity index (χ3v) is 4.48. The molecule has 1 saturated heterocycles. The fraction of sp³-hybridized carbons (Fsp3) is 0.533. The summed E-state index contributed by atoms with van der Waals surface area (Å²) in [6.45, 7) is 10.5. The van der Waals surface area contributed by atoms with Gasteiger partial charge >= 0.3 is 0 Å². The Balaban J connectivity index is 2.05.